The third-order valence-corrected chi connectivity index (χ3v) is 9.79. The molecule has 36 heavy (non-hydrogen) atoms. The molecular formula is C30H19F2NO2Se. The van der Waals surface area contributed by atoms with E-state index < -0.39 is 25.8 Å². The number of rotatable bonds is 1. The van der Waals surface area contributed by atoms with Crippen molar-refractivity contribution in [3.8, 4) is 0 Å². The number of fused-ring (bicyclic) bond motifs is 5. The van der Waals surface area contributed by atoms with E-state index in [2.05, 4.69) is 19.9 Å². The molecular weight excluding hydrogens is 523 g/mol. The van der Waals surface area contributed by atoms with Crippen LogP contribution in [0.25, 0.3) is 6.08 Å². The first-order valence-corrected chi connectivity index (χ1v) is 13.4. The zero-order chi connectivity index (χ0) is 25.0. The average Bonchev–Trinajstić information content (AvgIpc) is 3.40. The number of nitrogens with zero attached hydrogens (tertiary/aromatic N) is 1. The summed E-state index contributed by atoms with van der Waals surface area (Å²) >= 11 is -0.527. The number of halogens is 2. The fourth-order valence-corrected chi connectivity index (χ4v) is 8.19. The number of allylic oxidation sites excluding steroid dienone is 1. The Kier molecular flexibility index (Phi) is 4.21. The van der Waals surface area contributed by atoms with Gasteiger partial charge in [-0.1, -0.05) is 0 Å². The molecule has 1 aromatic heterocycles. The van der Waals surface area contributed by atoms with Gasteiger partial charge in [0.25, 0.3) is 0 Å². The van der Waals surface area contributed by atoms with Crippen LogP contribution in [0.3, 0.4) is 0 Å². The normalized spacial score (nSPS) is 17.9. The molecule has 3 heterocycles. The Bertz CT molecular complexity index is 1660. The summed E-state index contributed by atoms with van der Waals surface area (Å²) in [4.78, 5) is 27.9. The molecule has 3 aromatic carbocycles. The predicted molar refractivity (Wildman–Crippen MR) is 136 cm³/mol. The summed E-state index contributed by atoms with van der Waals surface area (Å²) in [6.45, 7) is 4.15. The average molecular weight is 542 g/mol. The van der Waals surface area contributed by atoms with Crippen molar-refractivity contribution >= 4 is 48.1 Å². The summed E-state index contributed by atoms with van der Waals surface area (Å²) in [7, 11) is 0. The van der Waals surface area contributed by atoms with Crippen molar-refractivity contribution < 1.29 is 18.4 Å². The van der Waals surface area contributed by atoms with Crippen LogP contribution in [0.1, 0.15) is 61.3 Å². The molecule has 0 bridgehead atoms. The summed E-state index contributed by atoms with van der Waals surface area (Å²) < 4.78 is 33.3. The van der Waals surface area contributed by atoms with E-state index in [-0.39, 0.29) is 28.3 Å². The number of hydrogen-bond acceptors (Lipinski definition) is 3. The van der Waals surface area contributed by atoms with Gasteiger partial charge in [0.2, 0.25) is 0 Å². The molecule has 176 valence electrons. The van der Waals surface area contributed by atoms with E-state index in [4.69, 9.17) is 0 Å². The van der Waals surface area contributed by atoms with Gasteiger partial charge in [-0.15, -0.1) is 0 Å². The molecule has 4 aromatic rings. The fourth-order valence-electron chi connectivity index (χ4n) is 5.77. The molecule has 0 saturated carbocycles. The first kappa shape index (κ1) is 21.7. The Morgan fingerprint density at radius 2 is 1.39 bits per heavy atom. The quantitative estimate of drug-likeness (QED) is 0.151. The molecule has 0 saturated heterocycles. The molecule has 0 radical (unpaired) electrons. The molecule has 0 fully saturated rings. The van der Waals surface area contributed by atoms with Crippen molar-refractivity contribution in [3.63, 3.8) is 0 Å². The van der Waals surface area contributed by atoms with Crippen LogP contribution in [0.2, 0.25) is 0 Å². The van der Waals surface area contributed by atoms with E-state index >= 15 is 8.78 Å². The number of ketones is 2. The number of carbonyl (C=O) groups is 2. The zero-order valence-electron chi connectivity index (χ0n) is 19.4. The van der Waals surface area contributed by atoms with Gasteiger partial charge in [-0.25, -0.2) is 0 Å². The molecule has 0 spiro atoms. The number of benzene rings is 3. The Morgan fingerprint density at radius 3 is 2.11 bits per heavy atom. The first-order chi connectivity index (χ1) is 17.2. The number of hydrogen-bond donors (Lipinski definition) is 0. The van der Waals surface area contributed by atoms with E-state index in [9.17, 15) is 9.59 Å². The first-order valence-electron chi connectivity index (χ1n) is 11.7. The van der Waals surface area contributed by atoms with E-state index in [1.807, 2.05) is 29.2 Å². The molecule has 3 aliphatic rings. The summed E-state index contributed by atoms with van der Waals surface area (Å²) in [6, 6.07) is 21.3. The van der Waals surface area contributed by atoms with Crippen molar-refractivity contribution in [2.24, 2.45) is 0 Å². The van der Waals surface area contributed by atoms with Crippen molar-refractivity contribution in [3.05, 3.63) is 116 Å². The molecule has 7 rings (SSSR count). The Balaban J connectivity index is 1.46. The van der Waals surface area contributed by atoms with E-state index in [1.54, 1.807) is 30.3 Å². The Hall–Kier alpha value is -3.60. The number of alkyl halides is 2. The maximum atomic E-state index is 16.1. The van der Waals surface area contributed by atoms with Crippen LogP contribution in [0.5, 0.6) is 0 Å². The number of carbonyl (C=O) groups excluding carboxylic acids is 2. The predicted octanol–water partition coefficient (Wildman–Crippen LogP) is 6.77. The van der Waals surface area contributed by atoms with Crippen LogP contribution in [0.4, 0.5) is 24.7 Å². The van der Waals surface area contributed by atoms with Crippen LogP contribution < -0.4 is 4.90 Å². The minimum absolute atomic E-state index is 0.0114. The molecule has 0 amide bonds. The van der Waals surface area contributed by atoms with Crippen molar-refractivity contribution in [2.45, 2.75) is 25.2 Å². The topological polar surface area (TPSA) is 37.4 Å². The molecule has 2 aliphatic heterocycles. The number of para-hydroxylation sites is 2. The minimum atomic E-state index is -3.19. The molecule has 0 unspecified atom stereocenters. The van der Waals surface area contributed by atoms with Gasteiger partial charge in [0, 0.05) is 0 Å². The zero-order valence-corrected chi connectivity index (χ0v) is 21.1. The van der Waals surface area contributed by atoms with Gasteiger partial charge in [0.15, 0.2) is 0 Å². The standard InChI is InChI=1S/C30H19F2NO2Se/c1-29(2)20-10-5-6-13-24(20)33-25-21(29)11-7-12-22(25)30(31,32)23-15-16(36-28(23)33)14-19-26(34)17-8-3-4-9-18(17)27(19)35/h3-15H,1-2H3. The van der Waals surface area contributed by atoms with E-state index in [1.165, 1.54) is 18.2 Å². The molecule has 1 aliphatic carbocycles. The molecule has 3 nitrogen and oxygen atoms in total. The summed E-state index contributed by atoms with van der Waals surface area (Å²) in [5.41, 5.74) is 3.67. The summed E-state index contributed by atoms with van der Waals surface area (Å²) in [5, 5.41) is 0. The van der Waals surface area contributed by atoms with E-state index in [0.717, 1.165) is 16.8 Å². The second-order valence-electron chi connectivity index (χ2n) is 9.88. The van der Waals surface area contributed by atoms with Crippen LogP contribution in [-0.2, 0) is 11.3 Å². The third kappa shape index (κ3) is 2.61. The third-order valence-electron chi connectivity index (χ3n) is 7.55. The van der Waals surface area contributed by atoms with Gasteiger partial charge in [-0.05, 0) is 0 Å². The SMILES string of the molecule is CC1(C)c2ccccc2N2c3[se]c(C=C4C(=O)c5ccccc5C4=O)cc3C(F)(F)c3cccc1c32. The van der Waals surface area contributed by atoms with Crippen molar-refractivity contribution in [2.75, 3.05) is 4.90 Å². The summed E-state index contributed by atoms with van der Waals surface area (Å²) in [5.74, 6) is -3.88. The number of Topliss-reactive ketones (excluding diaryl/α,β-unsaturated/α-hetero) is 2. The van der Waals surface area contributed by atoms with Crippen LogP contribution >= 0.6 is 0 Å². The molecule has 0 N–H and O–H groups in total. The fraction of sp³-hybridized carbons (Fsp3) is 0.133. The second-order valence-corrected chi connectivity index (χ2v) is 12.1. The molecule has 0 atom stereocenters. The molecule has 6 heteroatoms. The Labute approximate surface area is 212 Å². The van der Waals surface area contributed by atoms with Crippen LogP contribution in [0.15, 0.2) is 78.4 Å². The Morgan fingerprint density at radius 1 is 0.778 bits per heavy atom. The van der Waals surface area contributed by atoms with Gasteiger partial charge >= 0.3 is 213 Å². The van der Waals surface area contributed by atoms with Gasteiger partial charge in [-0.3, -0.25) is 0 Å². The van der Waals surface area contributed by atoms with Crippen LogP contribution in [-0.4, -0.2) is 26.1 Å². The van der Waals surface area contributed by atoms with Gasteiger partial charge < -0.3 is 0 Å². The monoisotopic (exact) mass is 543 g/mol. The van der Waals surface area contributed by atoms with Crippen molar-refractivity contribution in [1.82, 2.24) is 0 Å². The second kappa shape index (κ2) is 7.00. The van der Waals surface area contributed by atoms with E-state index in [0.29, 0.717) is 25.8 Å². The van der Waals surface area contributed by atoms with Crippen LogP contribution in [0, 0.1) is 0 Å². The van der Waals surface area contributed by atoms with Gasteiger partial charge in [0.05, 0.1) is 0 Å². The maximum absolute atomic E-state index is 16.1. The van der Waals surface area contributed by atoms with Crippen molar-refractivity contribution in [1.29, 1.82) is 0 Å². The number of anilines is 3. The van der Waals surface area contributed by atoms with Gasteiger partial charge in [-0.2, -0.15) is 0 Å². The summed E-state index contributed by atoms with van der Waals surface area (Å²) in [6.07, 6.45) is 1.53. The van der Waals surface area contributed by atoms with Gasteiger partial charge in [0.1, 0.15) is 0 Å².